The zero-order valence-electron chi connectivity index (χ0n) is 12.0. The molecule has 0 aromatic heterocycles. The number of para-hydroxylation sites is 2. The van der Waals surface area contributed by atoms with Gasteiger partial charge in [-0.05, 0) is 36.2 Å². The van der Waals surface area contributed by atoms with Gasteiger partial charge in [0.25, 0.3) is 0 Å². The lowest BCUT2D eigenvalue weighted by Crippen LogP contribution is -2.16. The Morgan fingerprint density at radius 1 is 0.900 bits per heavy atom. The molecule has 1 unspecified atom stereocenters. The Hall–Kier alpha value is -2.00. The van der Waals surface area contributed by atoms with Crippen LogP contribution in [-0.2, 0) is 6.42 Å². The molecule has 0 radical (unpaired) electrons. The predicted octanol–water partition coefficient (Wildman–Crippen LogP) is 2.99. The van der Waals surface area contributed by atoms with Gasteiger partial charge in [0.15, 0.2) is 0 Å². The van der Waals surface area contributed by atoms with Crippen LogP contribution >= 0.6 is 0 Å². The number of hydrogen-bond acceptors (Lipinski definition) is 3. The molecule has 2 rings (SSSR count). The molecule has 3 heteroatoms. The first kappa shape index (κ1) is 14.4. The number of benzene rings is 2. The van der Waals surface area contributed by atoms with Gasteiger partial charge in [0.1, 0.15) is 11.5 Å². The summed E-state index contributed by atoms with van der Waals surface area (Å²) in [6.45, 7) is 0.568. The van der Waals surface area contributed by atoms with Gasteiger partial charge < -0.3 is 15.2 Å². The highest BCUT2D eigenvalue weighted by molar-refractivity contribution is 5.40. The monoisotopic (exact) mass is 271 g/mol. The van der Waals surface area contributed by atoms with Gasteiger partial charge in [-0.25, -0.2) is 0 Å². The van der Waals surface area contributed by atoms with Gasteiger partial charge in [-0.3, -0.25) is 0 Å². The van der Waals surface area contributed by atoms with Crippen LogP contribution in [0.25, 0.3) is 0 Å². The van der Waals surface area contributed by atoms with Crippen molar-refractivity contribution in [3.63, 3.8) is 0 Å². The Morgan fingerprint density at radius 3 is 2.15 bits per heavy atom. The fourth-order valence-electron chi connectivity index (χ4n) is 2.46. The smallest absolute Gasteiger partial charge is 0.122 e. The maximum Gasteiger partial charge on any atom is 0.122 e. The molecule has 0 heterocycles. The minimum Gasteiger partial charge on any atom is -0.496 e. The van der Waals surface area contributed by atoms with E-state index in [1.807, 2.05) is 36.4 Å². The normalized spacial score (nSPS) is 11.9. The Morgan fingerprint density at radius 2 is 1.50 bits per heavy atom. The highest BCUT2D eigenvalue weighted by Crippen LogP contribution is 2.31. The molecule has 0 aliphatic heterocycles. The summed E-state index contributed by atoms with van der Waals surface area (Å²) in [6.07, 6.45) is 0.834. The Kier molecular flexibility index (Phi) is 5.02. The fourth-order valence-corrected chi connectivity index (χ4v) is 2.46. The minimum absolute atomic E-state index is 0.211. The van der Waals surface area contributed by atoms with Crippen LogP contribution in [0, 0.1) is 0 Å². The van der Waals surface area contributed by atoms with E-state index in [1.165, 1.54) is 0 Å². The van der Waals surface area contributed by atoms with Crippen molar-refractivity contribution in [2.75, 3.05) is 20.8 Å². The van der Waals surface area contributed by atoms with Crippen molar-refractivity contribution >= 4 is 0 Å². The maximum atomic E-state index is 5.97. The van der Waals surface area contributed by atoms with Crippen LogP contribution < -0.4 is 15.2 Å². The van der Waals surface area contributed by atoms with E-state index in [0.717, 1.165) is 29.0 Å². The summed E-state index contributed by atoms with van der Waals surface area (Å²) >= 11 is 0. The number of rotatable bonds is 6. The summed E-state index contributed by atoms with van der Waals surface area (Å²) in [5.41, 5.74) is 8.28. The van der Waals surface area contributed by atoms with Crippen molar-refractivity contribution < 1.29 is 9.47 Å². The molecule has 0 aliphatic carbocycles. The highest BCUT2D eigenvalue weighted by atomic mass is 16.5. The zero-order valence-corrected chi connectivity index (χ0v) is 12.0. The maximum absolute atomic E-state index is 5.97. The number of hydrogen-bond donors (Lipinski definition) is 1. The molecule has 0 fully saturated rings. The second kappa shape index (κ2) is 6.96. The van der Waals surface area contributed by atoms with Crippen LogP contribution in [0.1, 0.15) is 17.0 Å². The summed E-state index contributed by atoms with van der Waals surface area (Å²) in [4.78, 5) is 0. The van der Waals surface area contributed by atoms with E-state index in [9.17, 15) is 0 Å². The Bertz CT molecular complexity index is 554. The van der Waals surface area contributed by atoms with Crippen LogP contribution in [0.4, 0.5) is 0 Å². The first-order valence-corrected chi connectivity index (χ1v) is 6.75. The first-order valence-electron chi connectivity index (χ1n) is 6.75. The molecule has 3 nitrogen and oxygen atoms in total. The SMILES string of the molecule is COc1ccccc1CC(CN)c1ccccc1OC. The van der Waals surface area contributed by atoms with Gasteiger partial charge in [0.2, 0.25) is 0 Å². The van der Waals surface area contributed by atoms with Gasteiger partial charge in [0, 0.05) is 5.92 Å². The summed E-state index contributed by atoms with van der Waals surface area (Å²) in [6, 6.07) is 16.1. The summed E-state index contributed by atoms with van der Waals surface area (Å²) < 4.78 is 10.8. The zero-order chi connectivity index (χ0) is 14.4. The lowest BCUT2D eigenvalue weighted by atomic mass is 9.91. The lowest BCUT2D eigenvalue weighted by molar-refractivity contribution is 0.400. The largest absolute Gasteiger partial charge is 0.496 e. The molecular weight excluding hydrogens is 250 g/mol. The average molecular weight is 271 g/mol. The number of methoxy groups -OCH3 is 2. The molecule has 2 aromatic rings. The van der Waals surface area contributed by atoms with E-state index in [2.05, 4.69) is 12.1 Å². The van der Waals surface area contributed by atoms with E-state index >= 15 is 0 Å². The van der Waals surface area contributed by atoms with Crippen molar-refractivity contribution in [2.24, 2.45) is 5.73 Å². The Balaban J connectivity index is 2.29. The van der Waals surface area contributed by atoms with Crippen LogP contribution in [-0.4, -0.2) is 20.8 Å². The highest BCUT2D eigenvalue weighted by Gasteiger charge is 2.16. The quantitative estimate of drug-likeness (QED) is 0.878. The standard InChI is InChI=1S/C17H21NO2/c1-19-16-9-5-3-7-13(16)11-14(12-18)15-8-4-6-10-17(15)20-2/h3-10,14H,11-12,18H2,1-2H3. The van der Waals surface area contributed by atoms with Crippen LogP contribution in [0.15, 0.2) is 48.5 Å². The molecular formula is C17H21NO2. The van der Waals surface area contributed by atoms with Crippen LogP contribution in [0.2, 0.25) is 0 Å². The van der Waals surface area contributed by atoms with Crippen molar-refractivity contribution in [3.8, 4) is 11.5 Å². The van der Waals surface area contributed by atoms with Gasteiger partial charge in [-0.15, -0.1) is 0 Å². The van der Waals surface area contributed by atoms with E-state index in [-0.39, 0.29) is 5.92 Å². The van der Waals surface area contributed by atoms with E-state index in [0.29, 0.717) is 6.54 Å². The predicted molar refractivity (Wildman–Crippen MR) is 81.5 cm³/mol. The summed E-state index contributed by atoms with van der Waals surface area (Å²) in [5.74, 6) is 2.00. The first-order chi connectivity index (χ1) is 9.80. The summed E-state index contributed by atoms with van der Waals surface area (Å²) in [5, 5.41) is 0. The second-order valence-electron chi connectivity index (χ2n) is 4.69. The van der Waals surface area contributed by atoms with Gasteiger partial charge >= 0.3 is 0 Å². The third kappa shape index (κ3) is 3.11. The molecule has 1 atom stereocenters. The minimum atomic E-state index is 0.211. The van der Waals surface area contributed by atoms with E-state index < -0.39 is 0 Å². The van der Waals surface area contributed by atoms with E-state index in [1.54, 1.807) is 14.2 Å². The van der Waals surface area contributed by atoms with Crippen LogP contribution in [0.5, 0.6) is 11.5 Å². The van der Waals surface area contributed by atoms with Crippen molar-refractivity contribution in [3.05, 3.63) is 59.7 Å². The van der Waals surface area contributed by atoms with Crippen LogP contribution in [0.3, 0.4) is 0 Å². The molecule has 0 saturated heterocycles. The molecule has 0 amide bonds. The third-order valence-electron chi connectivity index (χ3n) is 3.52. The molecule has 2 N–H and O–H groups in total. The molecule has 0 bridgehead atoms. The van der Waals surface area contributed by atoms with Gasteiger partial charge in [-0.2, -0.15) is 0 Å². The molecule has 0 aliphatic rings. The molecule has 106 valence electrons. The second-order valence-corrected chi connectivity index (χ2v) is 4.69. The number of ether oxygens (including phenoxy) is 2. The van der Waals surface area contributed by atoms with Crippen molar-refractivity contribution in [2.45, 2.75) is 12.3 Å². The summed E-state index contributed by atoms with van der Waals surface area (Å²) in [7, 11) is 3.38. The average Bonchev–Trinajstić information content (AvgIpc) is 2.53. The Labute approximate surface area is 120 Å². The molecule has 20 heavy (non-hydrogen) atoms. The van der Waals surface area contributed by atoms with Crippen molar-refractivity contribution in [1.82, 2.24) is 0 Å². The van der Waals surface area contributed by atoms with Gasteiger partial charge in [0.05, 0.1) is 14.2 Å². The molecule has 0 spiro atoms. The number of nitrogens with two attached hydrogens (primary N) is 1. The van der Waals surface area contributed by atoms with Crippen molar-refractivity contribution in [1.29, 1.82) is 0 Å². The molecule has 2 aromatic carbocycles. The third-order valence-corrected chi connectivity index (χ3v) is 3.52. The lowest BCUT2D eigenvalue weighted by Gasteiger charge is -2.19. The molecule has 0 saturated carbocycles. The van der Waals surface area contributed by atoms with E-state index in [4.69, 9.17) is 15.2 Å². The fraction of sp³-hybridized carbons (Fsp3) is 0.294. The van der Waals surface area contributed by atoms with Gasteiger partial charge in [-0.1, -0.05) is 36.4 Å². The topological polar surface area (TPSA) is 44.5 Å².